The largest absolute Gasteiger partial charge is 0.457 e. The zero-order valence-electron chi connectivity index (χ0n) is 12.6. The molecule has 0 bridgehead atoms. The molecule has 0 radical (unpaired) electrons. The summed E-state index contributed by atoms with van der Waals surface area (Å²) < 4.78 is 6.90. The first-order valence-electron chi connectivity index (χ1n) is 7.49. The predicted octanol–water partition coefficient (Wildman–Crippen LogP) is 5.69. The van der Waals surface area contributed by atoms with E-state index in [4.69, 9.17) is 4.74 Å². The second-order valence-corrected chi connectivity index (χ2v) is 5.96. The zero-order valence-corrected chi connectivity index (χ0v) is 14.2. The van der Waals surface area contributed by atoms with Gasteiger partial charge in [-0.2, -0.15) is 0 Å². The number of benzene rings is 2. The van der Waals surface area contributed by atoms with Gasteiger partial charge in [-0.15, -0.1) is 0 Å². The summed E-state index contributed by atoms with van der Waals surface area (Å²) in [4.78, 5) is 0. The van der Waals surface area contributed by atoms with E-state index in [1.807, 2.05) is 36.4 Å². The van der Waals surface area contributed by atoms with Crippen LogP contribution in [0.4, 0.5) is 0 Å². The zero-order chi connectivity index (χ0) is 15.1. The molecule has 1 atom stereocenters. The van der Waals surface area contributed by atoms with Crippen molar-refractivity contribution in [2.24, 2.45) is 0 Å². The summed E-state index contributed by atoms with van der Waals surface area (Å²) in [6, 6.07) is 16.6. The van der Waals surface area contributed by atoms with Crippen molar-refractivity contribution in [3.63, 3.8) is 0 Å². The monoisotopic (exact) mass is 347 g/mol. The summed E-state index contributed by atoms with van der Waals surface area (Å²) in [5, 5.41) is 3.56. The van der Waals surface area contributed by atoms with E-state index >= 15 is 0 Å². The van der Waals surface area contributed by atoms with Crippen LogP contribution in [-0.4, -0.2) is 6.54 Å². The second kappa shape index (κ2) is 8.20. The highest BCUT2D eigenvalue weighted by atomic mass is 79.9. The molecule has 0 saturated heterocycles. The van der Waals surface area contributed by atoms with Gasteiger partial charge >= 0.3 is 0 Å². The van der Waals surface area contributed by atoms with Crippen molar-refractivity contribution in [3.8, 4) is 11.5 Å². The molecule has 2 rings (SSSR count). The molecule has 0 heterocycles. The van der Waals surface area contributed by atoms with E-state index in [0.717, 1.165) is 35.4 Å². The average Bonchev–Trinajstić information content (AvgIpc) is 2.52. The van der Waals surface area contributed by atoms with Crippen LogP contribution < -0.4 is 10.1 Å². The molecule has 0 amide bonds. The van der Waals surface area contributed by atoms with Crippen LogP contribution in [0.15, 0.2) is 53.0 Å². The molecule has 0 fully saturated rings. The van der Waals surface area contributed by atoms with E-state index in [-0.39, 0.29) is 0 Å². The molecule has 0 aliphatic heterocycles. The van der Waals surface area contributed by atoms with Crippen molar-refractivity contribution in [3.05, 3.63) is 58.6 Å². The van der Waals surface area contributed by atoms with Gasteiger partial charge < -0.3 is 10.1 Å². The molecule has 2 aromatic rings. The van der Waals surface area contributed by atoms with Crippen LogP contribution in [0.25, 0.3) is 0 Å². The quantitative estimate of drug-likeness (QED) is 0.694. The maximum Gasteiger partial charge on any atom is 0.127 e. The van der Waals surface area contributed by atoms with Gasteiger partial charge in [0.25, 0.3) is 0 Å². The summed E-state index contributed by atoms with van der Waals surface area (Å²) in [5.74, 6) is 1.72. The highest BCUT2D eigenvalue weighted by Crippen LogP contribution is 2.25. The molecule has 2 aromatic carbocycles. The van der Waals surface area contributed by atoms with Crippen molar-refractivity contribution in [2.45, 2.75) is 32.7 Å². The highest BCUT2D eigenvalue weighted by Gasteiger charge is 2.08. The van der Waals surface area contributed by atoms with Gasteiger partial charge in [-0.05, 0) is 61.3 Å². The third kappa shape index (κ3) is 4.87. The summed E-state index contributed by atoms with van der Waals surface area (Å²) in [6.07, 6.45) is 2.24. The number of ether oxygens (including phenoxy) is 1. The Balaban J connectivity index is 2.02. The molecular weight excluding hydrogens is 326 g/mol. The highest BCUT2D eigenvalue weighted by molar-refractivity contribution is 9.10. The van der Waals surface area contributed by atoms with Crippen molar-refractivity contribution in [1.29, 1.82) is 0 Å². The number of nitrogens with one attached hydrogen (secondary N) is 1. The first kappa shape index (κ1) is 16.1. The van der Waals surface area contributed by atoms with E-state index < -0.39 is 0 Å². The van der Waals surface area contributed by atoms with Gasteiger partial charge in [-0.25, -0.2) is 0 Å². The Morgan fingerprint density at radius 2 is 1.52 bits per heavy atom. The van der Waals surface area contributed by atoms with Crippen LogP contribution in [0.5, 0.6) is 11.5 Å². The maximum absolute atomic E-state index is 5.84. The maximum atomic E-state index is 5.84. The summed E-state index contributed by atoms with van der Waals surface area (Å²) in [6.45, 7) is 5.45. The molecule has 21 heavy (non-hydrogen) atoms. The Bertz CT molecular complexity index is 536. The number of halogens is 1. The third-order valence-electron chi connectivity index (χ3n) is 3.38. The van der Waals surface area contributed by atoms with Crippen LogP contribution >= 0.6 is 15.9 Å². The van der Waals surface area contributed by atoms with E-state index in [1.165, 1.54) is 5.56 Å². The molecule has 112 valence electrons. The average molecular weight is 348 g/mol. The van der Waals surface area contributed by atoms with Gasteiger partial charge in [0, 0.05) is 10.5 Å². The second-order valence-electron chi connectivity index (χ2n) is 5.04. The van der Waals surface area contributed by atoms with Gasteiger partial charge in [-0.3, -0.25) is 0 Å². The fraction of sp³-hybridized carbons (Fsp3) is 0.333. The Hall–Kier alpha value is -1.32. The predicted molar refractivity (Wildman–Crippen MR) is 92.0 cm³/mol. The van der Waals surface area contributed by atoms with Crippen LogP contribution in [-0.2, 0) is 0 Å². The Kier molecular flexibility index (Phi) is 6.27. The number of hydrogen-bond donors (Lipinski definition) is 1. The fourth-order valence-corrected chi connectivity index (χ4v) is 2.49. The lowest BCUT2D eigenvalue weighted by Crippen LogP contribution is -2.21. The molecule has 0 aromatic heterocycles. The lowest BCUT2D eigenvalue weighted by Gasteiger charge is -2.17. The topological polar surface area (TPSA) is 21.3 Å². The Labute approximate surface area is 135 Å². The summed E-state index contributed by atoms with van der Waals surface area (Å²) >= 11 is 3.42. The fourth-order valence-electron chi connectivity index (χ4n) is 2.22. The van der Waals surface area contributed by atoms with Crippen LogP contribution in [0.1, 0.15) is 38.3 Å². The van der Waals surface area contributed by atoms with Crippen molar-refractivity contribution in [2.75, 3.05) is 6.54 Å². The SMILES string of the molecule is CCCNC(CC)c1ccc(Oc2ccc(Br)cc2)cc1. The van der Waals surface area contributed by atoms with Crippen molar-refractivity contribution in [1.82, 2.24) is 5.32 Å². The van der Waals surface area contributed by atoms with E-state index in [9.17, 15) is 0 Å². The molecule has 1 N–H and O–H groups in total. The molecule has 1 unspecified atom stereocenters. The van der Waals surface area contributed by atoms with Gasteiger partial charge in [-0.1, -0.05) is 41.9 Å². The van der Waals surface area contributed by atoms with E-state index in [0.29, 0.717) is 6.04 Å². The standard InChI is InChI=1S/C18H22BrNO/c1-3-13-20-18(4-2)14-5-9-16(10-6-14)21-17-11-7-15(19)8-12-17/h5-12,18,20H,3-4,13H2,1-2H3. The van der Waals surface area contributed by atoms with Gasteiger partial charge in [0.2, 0.25) is 0 Å². The number of hydrogen-bond acceptors (Lipinski definition) is 2. The van der Waals surface area contributed by atoms with Crippen molar-refractivity contribution < 1.29 is 4.74 Å². The molecule has 3 heteroatoms. The van der Waals surface area contributed by atoms with E-state index in [1.54, 1.807) is 0 Å². The minimum Gasteiger partial charge on any atom is -0.457 e. The molecule has 0 aliphatic carbocycles. The molecule has 0 spiro atoms. The van der Waals surface area contributed by atoms with Crippen LogP contribution in [0, 0.1) is 0 Å². The Morgan fingerprint density at radius 3 is 2.05 bits per heavy atom. The van der Waals surface area contributed by atoms with Crippen LogP contribution in [0.2, 0.25) is 0 Å². The van der Waals surface area contributed by atoms with Gasteiger partial charge in [0.05, 0.1) is 0 Å². The normalized spacial score (nSPS) is 12.1. The van der Waals surface area contributed by atoms with Crippen molar-refractivity contribution >= 4 is 15.9 Å². The first-order valence-corrected chi connectivity index (χ1v) is 8.29. The number of rotatable bonds is 7. The summed E-state index contributed by atoms with van der Waals surface area (Å²) in [5.41, 5.74) is 1.31. The molecule has 0 saturated carbocycles. The minimum atomic E-state index is 0.423. The lowest BCUT2D eigenvalue weighted by molar-refractivity contribution is 0.480. The Morgan fingerprint density at radius 1 is 0.952 bits per heavy atom. The van der Waals surface area contributed by atoms with Gasteiger partial charge in [0.1, 0.15) is 11.5 Å². The lowest BCUT2D eigenvalue weighted by atomic mass is 10.0. The minimum absolute atomic E-state index is 0.423. The first-order chi connectivity index (χ1) is 10.2. The molecular formula is C18H22BrNO. The summed E-state index contributed by atoms with van der Waals surface area (Å²) in [7, 11) is 0. The van der Waals surface area contributed by atoms with E-state index in [2.05, 4.69) is 47.2 Å². The molecule has 2 nitrogen and oxygen atoms in total. The van der Waals surface area contributed by atoms with Gasteiger partial charge in [0.15, 0.2) is 0 Å². The van der Waals surface area contributed by atoms with Crippen LogP contribution in [0.3, 0.4) is 0 Å². The smallest absolute Gasteiger partial charge is 0.127 e. The third-order valence-corrected chi connectivity index (χ3v) is 3.91. The molecule has 0 aliphatic rings.